The fourth-order valence-corrected chi connectivity index (χ4v) is 2.45. The van der Waals surface area contributed by atoms with Gasteiger partial charge >= 0.3 is 0 Å². The molecule has 0 bridgehead atoms. The third-order valence-electron chi connectivity index (χ3n) is 3.61. The van der Waals surface area contributed by atoms with Crippen LogP contribution in [0.5, 0.6) is 0 Å². The summed E-state index contributed by atoms with van der Waals surface area (Å²) in [5.74, 6) is 0.0521. The molecule has 4 nitrogen and oxygen atoms in total. The molecule has 2 N–H and O–H groups in total. The predicted octanol–water partition coefficient (Wildman–Crippen LogP) is 1.41. The summed E-state index contributed by atoms with van der Waals surface area (Å²) in [4.78, 5) is 16.2. The number of pyridine rings is 1. The normalized spacial score (nSPS) is 17.3. The number of nitrogens with one attached hydrogen (secondary N) is 2. The lowest BCUT2D eigenvalue weighted by molar-refractivity contribution is -0.123. The summed E-state index contributed by atoms with van der Waals surface area (Å²) in [6.45, 7) is 1.30. The topological polar surface area (TPSA) is 54.0 Å². The van der Waals surface area contributed by atoms with Crippen molar-refractivity contribution in [2.45, 2.75) is 25.6 Å². The van der Waals surface area contributed by atoms with Crippen LogP contribution in [0.2, 0.25) is 0 Å². The SMILES string of the molecule is O=C(NCc1ccncc1)[C@H]1Cc2ccccc2CN1. The molecule has 0 saturated heterocycles. The average Bonchev–Trinajstić information content (AvgIpc) is 2.53. The van der Waals surface area contributed by atoms with Gasteiger partial charge in [-0.3, -0.25) is 9.78 Å². The first-order valence-electron chi connectivity index (χ1n) is 6.80. The van der Waals surface area contributed by atoms with E-state index in [9.17, 15) is 4.79 Å². The second-order valence-corrected chi connectivity index (χ2v) is 4.98. The zero-order valence-corrected chi connectivity index (χ0v) is 11.2. The van der Waals surface area contributed by atoms with Crippen molar-refractivity contribution in [2.75, 3.05) is 0 Å². The summed E-state index contributed by atoms with van der Waals surface area (Å²) >= 11 is 0. The van der Waals surface area contributed by atoms with E-state index in [-0.39, 0.29) is 11.9 Å². The highest BCUT2D eigenvalue weighted by molar-refractivity contribution is 5.82. The molecule has 0 fully saturated rings. The van der Waals surface area contributed by atoms with Crippen molar-refractivity contribution in [3.8, 4) is 0 Å². The van der Waals surface area contributed by atoms with E-state index in [2.05, 4.69) is 27.8 Å². The molecule has 2 aromatic rings. The van der Waals surface area contributed by atoms with Gasteiger partial charge in [-0.25, -0.2) is 0 Å². The monoisotopic (exact) mass is 267 g/mol. The molecule has 0 spiro atoms. The molecular formula is C16H17N3O. The van der Waals surface area contributed by atoms with Crippen molar-refractivity contribution < 1.29 is 4.79 Å². The molecule has 102 valence electrons. The summed E-state index contributed by atoms with van der Waals surface area (Å²) in [6.07, 6.45) is 4.21. The minimum Gasteiger partial charge on any atom is -0.351 e. The molecule has 1 aromatic carbocycles. The van der Waals surface area contributed by atoms with Gasteiger partial charge in [0.05, 0.1) is 6.04 Å². The molecule has 0 saturated carbocycles. The van der Waals surface area contributed by atoms with Crippen LogP contribution in [-0.4, -0.2) is 16.9 Å². The van der Waals surface area contributed by atoms with Crippen molar-refractivity contribution >= 4 is 5.91 Å². The minimum atomic E-state index is -0.147. The molecule has 0 aliphatic carbocycles. The maximum Gasteiger partial charge on any atom is 0.237 e. The summed E-state index contributed by atoms with van der Waals surface area (Å²) in [6, 6.07) is 11.9. The Bertz CT molecular complexity index is 598. The molecule has 1 atom stereocenters. The molecular weight excluding hydrogens is 250 g/mol. The van der Waals surface area contributed by atoms with Gasteiger partial charge in [0.25, 0.3) is 0 Å². The first-order chi connectivity index (χ1) is 9.83. The highest BCUT2D eigenvalue weighted by Crippen LogP contribution is 2.16. The number of benzene rings is 1. The summed E-state index contributed by atoms with van der Waals surface area (Å²) in [5, 5.41) is 6.26. The smallest absolute Gasteiger partial charge is 0.237 e. The van der Waals surface area contributed by atoms with E-state index in [0.29, 0.717) is 6.54 Å². The fourth-order valence-electron chi connectivity index (χ4n) is 2.45. The Balaban J connectivity index is 1.59. The van der Waals surface area contributed by atoms with Gasteiger partial charge in [0, 0.05) is 25.5 Å². The Kier molecular flexibility index (Phi) is 3.74. The predicted molar refractivity (Wildman–Crippen MR) is 76.9 cm³/mol. The molecule has 0 unspecified atom stereocenters. The molecule has 1 aromatic heterocycles. The second-order valence-electron chi connectivity index (χ2n) is 4.98. The number of nitrogens with zero attached hydrogens (tertiary/aromatic N) is 1. The Morgan fingerprint density at radius 1 is 1.20 bits per heavy atom. The van der Waals surface area contributed by atoms with Crippen LogP contribution in [0.25, 0.3) is 0 Å². The molecule has 1 amide bonds. The van der Waals surface area contributed by atoms with Gasteiger partial charge in [-0.1, -0.05) is 24.3 Å². The highest BCUT2D eigenvalue weighted by Gasteiger charge is 2.23. The van der Waals surface area contributed by atoms with Crippen LogP contribution in [-0.2, 0) is 24.3 Å². The maximum atomic E-state index is 12.2. The van der Waals surface area contributed by atoms with Gasteiger partial charge in [-0.05, 0) is 35.2 Å². The molecule has 20 heavy (non-hydrogen) atoms. The van der Waals surface area contributed by atoms with Crippen molar-refractivity contribution in [3.63, 3.8) is 0 Å². The van der Waals surface area contributed by atoms with Crippen LogP contribution < -0.4 is 10.6 Å². The van der Waals surface area contributed by atoms with Crippen molar-refractivity contribution in [2.24, 2.45) is 0 Å². The van der Waals surface area contributed by atoms with E-state index < -0.39 is 0 Å². The number of aromatic nitrogens is 1. The first-order valence-corrected chi connectivity index (χ1v) is 6.80. The van der Waals surface area contributed by atoms with Crippen LogP contribution in [0.1, 0.15) is 16.7 Å². The van der Waals surface area contributed by atoms with Crippen LogP contribution in [0.3, 0.4) is 0 Å². The van der Waals surface area contributed by atoms with Crippen LogP contribution >= 0.6 is 0 Å². The Morgan fingerprint density at radius 3 is 2.75 bits per heavy atom. The zero-order valence-electron chi connectivity index (χ0n) is 11.2. The summed E-state index contributed by atoms with van der Waals surface area (Å²) < 4.78 is 0. The van der Waals surface area contributed by atoms with E-state index in [4.69, 9.17) is 0 Å². The third kappa shape index (κ3) is 2.86. The van der Waals surface area contributed by atoms with Gasteiger partial charge < -0.3 is 10.6 Å². The number of hydrogen-bond donors (Lipinski definition) is 2. The number of amides is 1. The Hall–Kier alpha value is -2.20. The van der Waals surface area contributed by atoms with Gasteiger partial charge in [-0.2, -0.15) is 0 Å². The Morgan fingerprint density at radius 2 is 1.95 bits per heavy atom. The number of hydrogen-bond acceptors (Lipinski definition) is 3. The molecule has 0 radical (unpaired) electrons. The fraction of sp³-hybridized carbons (Fsp3) is 0.250. The Labute approximate surface area is 118 Å². The molecule has 3 rings (SSSR count). The minimum absolute atomic E-state index is 0.0521. The molecule has 4 heteroatoms. The van der Waals surface area contributed by atoms with Gasteiger partial charge in [0.2, 0.25) is 5.91 Å². The van der Waals surface area contributed by atoms with Gasteiger partial charge in [0.15, 0.2) is 0 Å². The number of carbonyl (C=O) groups excluding carboxylic acids is 1. The zero-order chi connectivity index (χ0) is 13.8. The first kappa shape index (κ1) is 12.8. The maximum absolute atomic E-state index is 12.2. The third-order valence-corrected chi connectivity index (χ3v) is 3.61. The number of carbonyl (C=O) groups is 1. The second kappa shape index (κ2) is 5.84. The lowest BCUT2D eigenvalue weighted by Crippen LogP contribution is -2.47. The van der Waals surface area contributed by atoms with Crippen LogP contribution in [0.15, 0.2) is 48.8 Å². The summed E-state index contributed by atoms with van der Waals surface area (Å²) in [7, 11) is 0. The molecule has 1 aliphatic heterocycles. The van der Waals surface area contributed by atoms with Crippen molar-refractivity contribution in [1.29, 1.82) is 0 Å². The van der Waals surface area contributed by atoms with E-state index in [1.807, 2.05) is 24.3 Å². The van der Waals surface area contributed by atoms with Crippen molar-refractivity contribution in [3.05, 3.63) is 65.5 Å². The highest BCUT2D eigenvalue weighted by atomic mass is 16.2. The van der Waals surface area contributed by atoms with Crippen LogP contribution in [0, 0.1) is 0 Å². The van der Waals surface area contributed by atoms with E-state index >= 15 is 0 Å². The number of rotatable bonds is 3. The van der Waals surface area contributed by atoms with Gasteiger partial charge in [-0.15, -0.1) is 0 Å². The quantitative estimate of drug-likeness (QED) is 0.884. The average molecular weight is 267 g/mol. The van der Waals surface area contributed by atoms with Crippen molar-refractivity contribution in [1.82, 2.24) is 15.6 Å². The summed E-state index contributed by atoms with van der Waals surface area (Å²) in [5.41, 5.74) is 3.60. The molecule has 1 aliphatic rings. The molecule has 2 heterocycles. The largest absolute Gasteiger partial charge is 0.351 e. The van der Waals surface area contributed by atoms with E-state index in [0.717, 1.165) is 18.5 Å². The van der Waals surface area contributed by atoms with Crippen LogP contribution in [0.4, 0.5) is 0 Å². The lowest BCUT2D eigenvalue weighted by atomic mass is 9.95. The lowest BCUT2D eigenvalue weighted by Gasteiger charge is -2.25. The van der Waals surface area contributed by atoms with E-state index in [1.54, 1.807) is 12.4 Å². The number of fused-ring (bicyclic) bond motifs is 1. The van der Waals surface area contributed by atoms with Gasteiger partial charge in [0.1, 0.15) is 0 Å². The standard InChI is InChI=1S/C16H17N3O/c20-16(19-10-12-5-7-17-8-6-12)15-9-13-3-1-2-4-14(13)11-18-15/h1-8,15,18H,9-11H2,(H,19,20)/t15-/m1/s1. The van der Waals surface area contributed by atoms with E-state index in [1.165, 1.54) is 11.1 Å².